The normalized spacial score (nSPS) is 11.1. The van der Waals surface area contributed by atoms with Gasteiger partial charge in [0.2, 0.25) is 0 Å². The SMILES string of the molecule is O=[N+]([O-])c1cc([N+](=O)[O-])c(/C=C(\[O-])c2ccccc2)c([N+](=O)[O-])c1. The van der Waals surface area contributed by atoms with Crippen molar-refractivity contribution in [3.8, 4) is 0 Å². The molecule has 0 heterocycles. The highest BCUT2D eigenvalue weighted by Gasteiger charge is 2.28. The van der Waals surface area contributed by atoms with Crippen molar-refractivity contribution >= 4 is 28.9 Å². The second-order valence-electron chi connectivity index (χ2n) is 4.54. The second-order valence-corrected chi connectivity index (χ2v) is 4.54. The minimum absolute atomic E-state index is 0.166. The summed E-state index contributed by atoms with van der Waals surface area (Å²) in [5.41, 5.74) is -3.01. The molecule has 122 valence electrons. The zero-order chi connectivity index (χ0) is 17.9. The van der Waals surface area contributed by atoms with E-state index in [0.29, 0.717) is 12.1 Å². The largest absolute Gasteiger partial charge is 0.872 e. The first kappa shape index (κ1) is 16.5. The van der Waals surface area contributed by atoms with Gasteiger partial charge in [0.1, 0.15) is 5.56 Å². The Labute approximate surface area is 133 Å². The van der Waals surface area contributed by atoms with Crippen LogP contribution in [-0.4, -0.2) is 14.8 Å². The van der Waals surface area contributed by atoms with Crippen LogP contribution in [-0.2, 0) is 0 Å². The topological polar surface area (TPSA) is 152 Å². The number of rotatable bonds is 5. The van der Waals surface area contributed by atoms with E-state index in [1.165, 1.54) is 12.1 Å². The summed E-state index contributed by atoms with van der Waals surface area (Å²) in [6.45, 7) is 0. The Kier molecular flexibility index (Phi) is 4.50. The summed E-state index contributed by atoms with van der Waals surface area (Å²) >= 11 is 0. The van der Waals surface area contributed by atoms with E-state index in [0.717, 1.165) is 6.08 Å². The Hall–Kier alpha value is -3.82. The molecule has 0 unspecified atom stereocenters. The van der Waals surface area contributed by atoms with E-state index in [9.17, 15) is 35.4 Å². The van der Waals surface area contributed by atoms with Gasteiger partial charge in [-0.15, -0.1) is 5.76 Å². The maximum Gasteiger partial charge on any atom is 0.290 e. The average Bonchev–Trinajstić information content (AvgIpc) is 2.54. The lowest BCUT2D eigenvalue weighted by Gasteiger charge is -2.12. The van der Waals surface area contributed by atoms with Gasteiger partial charge < -0.3 is 5.11 Å². The van der Waals surface area contributed by atoms with Gasteiger partial charge in [-0.05, 0) is 11.6 Å². The molecule has 0 bridgehead atoms. The maximum absolute atomic E-state index is 12.1. The molecule has 2 aromatic rings. The third-order valence-corrected chi connectivity index (χ3v) is 3.06. The molecule has 0 atom stereocenters. The molecule has 0 radical (unpaired) electrons. The lowest BCUT2D eigenvalue weighted by Crippen LogP contribution is -2.05. The van der Waals surface area contributed by atoms with E-state index in [4.69, 9.17) is 0 Å². The van der Waals surface area contributed by atoms with Gasteiger partial charge in [-0.25, -0.2) is 0 Å². The first-order valence-electron chi connectivity index (χ1n) is 6.36. The van der Waals surface area contributed by atoms with Crippen LogP contribution >= 0.6 is 0 Å². The van der Waals surface area contributed by atoms with Gasteiger partial charge in [0.05, 0.1) is 26.9 Å². The monoisotopic (exact) mass is 330 g/mol. The fourth-order valence-corrected chi connectivity index (χ4v) is 1.98. The molecule has 10 nitrogen and oxygen atoms in total. The molecule has 0 saturated carbocycles. The van der Waals surface area contributed by atoms with Crippen molar-refractivity contribution in [2.24, 2.45) is 0 Å². The zero-order valence-corrected chi connectivity index (χ0v) is 11.8. The lowest BCUT2D eigenvalue weighted by molar-refractivity contribution is -0.403. The summed E-state index contributed by atoms with van der Waals surface area (Å²) < 4.78 is 0. The van der Waals surface area contributed by atoms with Crippen LogP contribution in [0.25, 0.3) is 11.8 Å². The van der Waals surface area contributed by atoms with Gasteiger partial charge in [0, 0.05) is 0 Å². The quantitative estimate of drug-likeness (QED) is 0.352. The Bertz CT molecular complexity index is 827. The van der Waals surface area contributed by atoms with Crippen molar-refractivity contribution in [2.75, 3.05) is 0 Å². The van der Waals surface area contributed by atoms with Crippen molar-refractivity contribution in [1.29, 1.82) is 0 Å². The number of hydrogen-bond acceptors (Lipinski definition) is 7. The molecule has 0 spiro atoms. The Balaban J connectivity index is 2.74. The third kappa shape index (κ3) is 3.32. The Morgan fingerprint density at radius 2 is 1.33 bits per heavy atom. The number of nitrogens with zero attached hydrogens (tertiary/aromatic N) is 3. The molecule has 0 fully saturated rings. The molecule has 0 aliphatic carbocycles. The summed E-state index contributed by atoms with van der Waals surface area (Å²) in [5.74, 6) is -0.698. The van der Waals surface area contributed by atoms with E-state index >= 15 is 0 Å². The van der Waals surface area contributed by atoms with E-state index < -0.39 is 43.2 Å². The van der Waals surface area contributed by atoms with Gasteiger partial charge in [-0.2, -0.15) is 0 Å². The summed E-state index contributed by atoms with van der Waals surface area (Å²) in [4.78, 5) is 30.0. The summed E-state index contributed by atoms with van der Waals surface area (Å²) in [6, 6.07) is 8.78. The predicted octanol–water partition coefficient (Wildman–Crippen LogP) is 2.27. The highest BCUT2D eigenvalue weighted by molar-refractivity contribution is 5.84. The number of nitro groups is 3. The van der Waals surface area contributed by atoms with Gasteiger partial charge in [-0.1, -0.05) is 30.3 Å². The summed E-state index contributed by atoms with van der Waals surface area (Å²) in [5, 5.41) is 45.2. The van der Waals surface area contributed by atoms with Crippen LogP contribution in [0.3, 0.4) is 0 Å². The van der Waals surface area contributed by atoms with Crippen molar-refractivity contribution < 1.29 is 19.9 Å². The first-order chi connectivity index (χ1) is 11.3. The minimum atomic E-state index is -1.01. The molecule has 0 aliphatic rings. The fourth-order valence-electron chi connectivity index (χ4n) is 1.98. The first-order valence-corrected chi connectivity index (χ1v) is 6.36. The highest BCUT2D eigenvalue weighted by Crippen LogP contribution is 2.35. The highest BCUT2D eigenvalue weighted by atomic mass is 16.6. The Morgan fingerprint density at radius 1 is 0.833 bits per heavy atom. The maximum atomic E-state index is 12.1. The van der Waals surface area contributed by atoms with Crippen LogP contribution in [0.15, 0.2) is 42.5 Å². The predicted molar refractivity (Wildman–Crippen MR) is 80.7 cm³/mol. The molecule has 0 amide bonds. The molecule has 0 N–H and O–H groups in total. The van der Waals surface area contributed by atoms with E-state index in [-0.39, 0.29) is 5.56 Å². The number of nitro benzene ring substituents is 3. The third-order valence-electron chi connectivity index (χ3n) is 3.06. The molecular formula is C14H8N3O7-. The fraction of sp³-hybridized carbons (Fsp3) is 0. The van der Waals surface area contributed by atoms with Crippen LogP contribution < -0.4 is 5.11 Å². The van der Waals surface area contributed by atoms with Crippen molar-refractivity contribution in [1.82, 2.24) is 0 Å². The molecule has 0 aromatic heterocycles. The number of benzene rings is 2. The van der Waals surface area contributed by atoms with E-state index in [2.05, 4.69) is 0 Å². The standard InChI is InChI=1S/C14H9N3O7/c18-14(9-4-2-1-3-5-9)8-11-12(16(21)22)6-10(15(19)20)7-13(11)17(23)24/h1-8,18H/p-1/b14-8-. The van der Waals surface area contributed by atoms with Gasteiger partial charge in [0.15, 0.2) is 0 Å². The molecule has 0 saturated heterocycles. The second kappa shape index (κ2) is 6.52. The van der Waals surface area contributed by atoms with Crippen LogP contribution in [0, 0.1) is 30.3 Å². The Morgan fingerprint density at radius 3 is 1.75 bits per heavy atom. The van der Waals surface area contributed by atoms with E-state index in [1.807, 2.05) is 0 Å². The molecule has 2 rings (SSSR count). The summed E-state index contributed by atoms with van der Waals surface area (Å²) in [6.07, 6.45) is 0.731. The van der Waals surface area contributed by atoms with Crippen molar-refractivity contribution in [3.05, 3.63) is 83.9 Å². The number of non-ortho nitro benzene ring substituents is 1. The lowest BCUT2D eigenvalue weighted by atomic mass is 10.1. The number of hydrogen-bond donors (Lipinski definition) is 0. The molecular weight excluding hydrogens is 322 g/mol. The molecule has 2 aromatic carbocycles. The minimum Gasteiger partial charge on any atom is -0.872 e. The van der Waals surface area contributed by atoms with Crippen LogP contribution in [0.5, 0.6) is 0 Å². The van der Waals surface area contributed by atoms with E-state index in [1.54, 1.807) is 18.2 Å². The molecule has 0 aliphatic heterocycles. The zero-order valence-electron chi connectivity index (χ0n) is 11.8. The van der Waals surface area contributed by atoms with Gasteiger partial charge in [-0.3, -0.25) is 30.3 Å². The molecule has 10 heteroatoms. The smallest absolute Gasteiger partial charge is 0.290 e. The van der Waals surface area contributed by atoms with Gasteiger partial charge in [0.25, 0.3) is 17.1 Å². The average molecular weight is 330 g/mol. The van der Waals surface area contributed by atoms with Crippen molar-refractivity contribution in [3.63, 3.8) is 0 Å². The summed E-state index contributed by atoms with van der Waals surface area (Å²) in [7, 11) is 0. The van der Waals surface area contributed by atoms with Crippen LogP contribution in [0.2, 0.25) is 0 Å². The van der Waals surface area contributed by atoms with Crippen LogP contribution in [0.1, 0.15) is 11.1 Å². The molecule has 24 heavy (non-hydrogen) atoms. The van der Waals surface area contributed by atoms with Crippen molar-refractivity contribution in [2.45, 2.75) is 0 Å². The van der Waals surface area contributed by atoms with Crippen LogP contribution in [0.4, 0.5) is 17.1 Å². The van der Waals surface area contributed by atoms with Gasteiger partial charge >= 0.3 is 0 Å².